The molecule has 0 fully saturated rings. The number of amides is 2. The van der Waals surface area contributed by atoms with Gasteiger partial charge in [0, 0.05) is 11.6 Å². The molecule has 1 rings (SSSR count). The van der Waals surface area contributed by atoms with Crippen LogP contribution >= 0.6 is 23.2 Å². The standard InChI is InChI=1S/C14H18Cl2N2O3/c1-3-8(4-2)7-17-14(21)18-12-10(13(19)20)5-9(15)6-11(12)16/h5-6,8H,3-4,7H2,1-2H3,(H,19,20)(H2,17,18,21). The second kappa shape index (κ2) is 8.10. The number of rotatable bonds is 6. The monoisotopic (exact) mass is 332 g/mol. The molecule has 0 heterocycles. The average molecular weight is 333 g/mol. The fourth-order valence-electron chi connectivity index (χ4n) is 1.84. The lowest BCUT2D eigenvalue weighted by Crippen LogP contribution is -2.33. The molecule has 0 saturated carbocycles. The summed E-state index contributed by atoms with van der Waals surface area (Å²) in [5, 5.41) is 14.6. The Bertz CT molecular complexity index is 531. The van der Waals surface area contributed by atoms with Gasteiger partial charge in [-0.15, -0.1) is 0 Å². The summed E-state index contributed by atoms with van der Waals surface area (Å²) < 4.78 is 0. The molecule has 1 aromatic carbocycles. The van der Waals surface area contributed by atoms with Crippen LogP contribution in [0.25, 0.3) is 0 Å². The molecule has 21 heavy (non-hydrogen) atoms. The molecule has 2 amide bonds. The Kier molecular flexibility index (Phi) is 6.78. The lowest BCUT2D eigenvalue weighted by molar-refractivity contribution is 0.0698. The Labute approximate surface area is 133 Å². The van der Waals surface area contributed by atoms with Gasteiger partial charge in [0.2, 0.25) is 0 Å². The van der Waals surface area contributed by atoms with Crippen molar-refractivity contribution in [2.24, 2.45) is 5.92 Å². The largest absolute Gasteiger partial charge is 0.478 e. The van der Waals surface area contributed by atoms with Crippen LogP contribution in [0.5, 0.6) is 0 Å². The van der Waals surface area contributed by atoms with E-state index in [1.165, 1.54) is 12.1 Å². The summed E-state index contributed by atoms with van der Waals surface area (Å²) in [7, 11) is 0. The lowest BCUT2D eigenvalue weighted by Gasteiger charge is -2.15. The lowest BCUT2D eigenvalue weighted by atomic mass is 10.0. The Morgan fingerprint density at radius 2 is 1.86 bits per heavy atom. The van der Waals surface area contributed by atoms with Crippen molar-refractivity contribution >= 4 is 40.9 Å². The average Bonchev–Trinajstić information content (AvgIpc) is 2.42. The molecule has 0 unspecified atom stereocenters. The maximum Gasteiger partial charge on any atom is 0.337 e. The van der Waals surface area contributed by atoms with Crippen LogP contribution < -0.4 is 10.6 Å². The molecule has 3 N–H and O–H groups in total. The number of urea groups is 1. The van der Waals surface area contributed by atoms with E-state index in [0.29, 0.717) is 12.5 Å². The number of hydrogen-bond donors (Lipinski definition) is 3. The highest BCUT2D eigenvalue weighted by Gasteiger charge is 2.17. The Morgan fingerprint density at radius 1 is 1.24 bits per heavy atom. The number of aromatic carboxylic acids is 1. The van der Waals surface area contributed by atoms with Crippen LogP contribution in [0.15, 0.2) is 12.1 Å². The number of carboxylic acid groups (broad SMARTS) is 1. The highest BCUT2D eigenvalue weighted by atomic mass is 35.5. The minimum atomic E-state index is -1.21. The van der Waals surface area contributed by atoms with Crippen LogP contribution in [0.2, 0.25) is 10.0 Å². The van der Waals surface area contributed by atoms with Crippen LogP contribution in [0.3, 0.4) is 0 Å². The second-order valence-electron chi connectivity index (χ2n) is 4.63. The van der Waals surface area contributed by atoms with Crippen molar-refractivity contribution in [3.8, 4) is 0 Å². The van der Waals surface area contributed by atoms with Gasteiger partial charge in [0.25, 0.3) is 0 Å². The zero-order valence-electron chi connectivity index (χ0n) is 11.9. The van der Waals surface area contributed by atoms with Gasteiger partial charge in [0.15, 0.2) is 0 Å². The quantitative estimate of drug-likeness (QED) is 0.728. The Morgan fingerprint density at radius 3 is 2.38 bits per heavy atom. The number of hydrogen-bond acceptors (Lipinski definition) is 2. The van der Waals surface area contributed by atoms with Crippen LogP contribution in [-0.4, -0.2) is 23.7 Å². The van der Waals surface area contributed by atoms with Crippen molar-refractivity contribution in [3.05, 3.63) is 27.7 Å². The molecule has 5 nitrogen and oxygen atoms in total. The number of nitrogens with one attached hydrogen (secondary N) is 2. The minimum absolute atomic E-state index is 0.0376. The Balaban J connectivity index is 2.83. The Hall–Kier alpha value is -1.46. The van der Waals surface area contributed by atoms with Crippen molar-refractivity contribution in [3.63, 3.8) is 0 Å². The molecule has 0 aliphatic carbocycles. The molecule has 7 heteroatoms. The molecule has 116 valence electrons. The zero-order chi connectivity index (χ0) is 16.0. The van der Waals surface area contributed by atoms with Crippen molar-refractivity contribution in [2.75, 3.05) is 11.9 Å². The van der Waals surface area contributed by atoms with Gasteiger partial charge in [-0.25, -0.2) is 9.59 Å². The van der Waals surface area contributed by atoms with Crippen LogP contribution in [0.4, 0.5) is 10.5 Å². The molecule has 0 bridgehead atoms. The number of carboxylic acids is 1. The third-order valence-corrected chi connectivity index (χ3v) is 3.75. The van der Waals surface area contributed by atoms with E-state index >= 15 is 0 Å². The van der Waals surface area contributed by atoms with Gasteiger partial charge < -0.3 is 15.7 Å². The zero-order valence-corrected chi connectivity index (χ0v) is 13.4. The van der Waals surface area contributed by atoms with Gasteiger partial charge in [0.1, 0.15) is 0 Å². The molecule has 0 radical (unpaired) electrons. The highest BCUT2D eigenvalue weighted by Crippen LogP contribution is 2.30. The van der Waals surface area contributed by atoms with Gasteiger partial charge in [-0.1, -0.05) is 49.9 Å². The topological polar surface area (TPSA) is 78.4 Å². The van der Waals surface area contributed by atoms with E-state index in [9.17, 15) is 9.59 Å². The summed E-state index contributed by atoms with van der Waals surface area (Å²) in [6.45, 7) is 4.62. The van der Waals surface area contributed by atoms with Crippen molar-refractivity contribution < 1.29 is 14.7 Å². The van der Waals surface area contributed by atoms with E-state index in [4.69, 9.17) is 28.3 Å². The molecule has 0 aliphatic rings. The smallest absolute Gasteiger partial charge is 0.337 e. The van der Waals surface area contributed by atoms with Gasteiger partial charge in [-0.3, -0.25) is 0 Å². The third kappa shape index (κ3) is 5.10. The van der Waals surface area contributed by atoms with E-state index in [1.54, 1.807) is 0 Å². The summed E-state index contributed by atoms with van der Waals surface area (Å²) in [5.41, 5.74) is -0.110. The van der Waals surface area contributed by atoms with Crippen LogP contribution in [-0.2, 0) is 0 Å². The van der Waals surface area contributed by atoms with Gasteiger partial charge in [0.05, 0.1) is 16.3 Å². The number of anilines is 1. The number of carbonyl (C=O) groups is 2. The third-order valence-electron chi connectivity index (χ3n) is 3.23. The second-order valence-corrected chi connectivity index (χ2v) is 5.48. The maximum atomic E-state index is 11.9. The first-order valence-electron chi connectivity index (χ1n) is 6.66. The predicted octanol–water partition coefficient (Wildman–Crippen LogP) is 4.25. The number of benzene rings is 1. The van der Waals surface area contributed by atoms with Crippen molar-refractivity contribution in [1.29, 1.82) is 0 Å². The summed E-state index contributed by atoms with van der Waals surface area (Å²) in [6.07, 6.45) is 1.91. The van der Waals surface area contributed by atoms with Crippen molar-refractivity contribution in [1.82, 2.24) is 5.32 Å². The first kappa shape index (κ1) is 17.6. The van der Waals surface area contributed by atoms with Crippen molar-refractivity contribution in [2.45, 2.75) is 26.7 Å². The molecule has 0 aromatic heterocycles. The van der Waals surface area contributed by atoms with E-state index in [2.05, 4.69) is 10.6 Å². The van der Waals surface area contributed by atoms with E-state index in [-0.39, 0.29) is 21.3 Å². The summed E-state index contributed by atoms with van der Waals surface area (Å²) >= 11 is 11.7. The fourth-order valence-corrected chi connectivity index (χ4v) is 2.38. The highest BCUT2D eigenvalue weighted by molar-refractivity contribution is 6.37. The van der Waals surface area contributed by atoms with E-state index < -0.39 is 12.0 Å². The predicted molar refractivity (Wildman–Crippen MR) is 84.5 cm³/mol. The van der Waals surface area contributed by atoms with Gasteiger partial charge in [-0.2, -0.15) is 0 Å². The molecule has 0 atom stereocenters. The normalized spacial score (nSPS) is 10.5. The van der Waals surface area contributed by atoms with E-state index in [0.717, 1.165) is 12.8 Å². The summed E-state index contributed by atoms with van der Waals surface area (Å²) in [4.78, 5) is 23.0. The molecule has 0 aliphatic heterocycles. The van der Waals surface area contributed by atoms with Gasteiger partial charge in [-0.05, 0) is 18.1 Å². The molecular weight excluding hydrogens is 315 g/mol. The van der Waals surface area contributed by atoms with E-state index in [1.807, 2.05) is 13.8 Å². The van der Waals surface area contributed by atoms with Gasteiger partial charge >= 0.3 is 12.0 Å². The maximum absolute atomic E-state index is 11.9. The number of halogens is 2. The minimum Gasteiger partial charge on any atom is -0.478 e. The molecular formula is C14H18Cl2N2O3. The van der Waals surface area contributed by atoms with Crippen LogP contribution in [0, 0.1) is 5.92 Å². The SMILES string of the molecule is CCC(CC)CNC(=O)Nc1c(Cl)cc(Cl)cc1C(=O)O. The fraction of sp³-hybridized carbons (Fsp3) is 0.429. The molecule has 0 saturated heterocycles. The first-order chi connectivity index (χ1) is 9.88. The number of carbonyl (C=O) groups excluding carboxylic acids is 1. The first-order valence-corrected chi connectivity index (χ1v) is 7.41. The molecule has 0 spiro atoms. The van der Waals surface area contributed by atoms with Crippen LogP contribution in [0.1, 0.15) is 37.0 Å². The molecule has 1 aromatic rings. The summed E-state index contributed by atoms with van der Waals surface area (Å²) in [5.74, 6) is -0.829. The summed E-state index contributed by atoms with van der Waals surface area (Å²) in [6, 6.07) is 2.13.